The summed E-state index contributed by atoms with van der Waals surface area (Å²) in [5.74, 6) is -0.182. The van der Waals surface area contributed by atoms with Crippen molar-refractivity contribution in [2.45, 2.75) is 12.5 Å². The highest BCUT2D eigenvalue weighted by Gasteiger charge is 2.21. The summed E-state index contributed by atoms with van der Waals surface area (Å²) in [6, 6.07) is 26.4. The van der Waals surface area contributed by atoms with Gasteiger partial charge in [-0.15, -0.1) is 0 Å². The molecule has 0 saturated carbocycles. The van der Waals surface area contributed by atoms with Crippen LogP contribution in [0.15, 0.2) is 84.9 Å². The van der Waals surface area contributed by atoms with Crippen molar-refractivity contribution in [3.05, 3.63) is 90.5 Å². The Kier molecular flexibility index (Phi) is 8.86. The van der Waals surface area contributed by atoms with E-state index in [0.717, 1.165) is 49.4 Å². The molecule has 0 radical (unpaired) electrons. The summed E-state index contributed by atoms with van der Waals surface area (Å²) in [6.07, 6.45) is 0.417. The summed E-state index contributed by atoms with van der Waals surface area (Å²) in [5, 5.41) is 12.0. The molecule has 1 saturated heterocycles. The van der Waals surface area contributed by atoms with E-state index >= 15 is 0 Å². The average molecular weight is 472 g/mol. The van der Waals surface area contributed by atoms with E-state index in [1.807, 2.05) is 84.9 Å². The molecule has 1 atom stereocenters. The highest BCUT2D eigenvalue weighted by Crippen LogP contribution is 2.21. The summed E-state index contributed by atoms with van der Waals surface area (Å²) in [7, 11) is 0. The molecule has 4 N–H and O–H groups in total. The first-order valence-electron chi connectivity index (χ1n) is 12.1. The molecule has 1 aliphatic heterocycles. The van der Waals surface area contributed by atoms with Crippen LogP contribution in [0, 0.1) is 0 Å². The van der Waals surface area contributed by atoms with Gasteiger partial charge in [0, 0.05) is 51.4 Å². The van der Waals surface area contributed by atoms with Crippen LogP contribution in [0.3, 0.4) is 0 Å². The maximum atomic E-state index is 13.0. The maximum Gasteiger partial charge on any atom is 0.319 e. The number of anilines is 1. The van der Waals surface area contributed by atoms with Gasteiger partial charge in [-0.25, -0.2) is 4.79 Å². The second kappa shape index (κ2) is 12.7. The minimum atomic E-state index is -0.677. The van der Waals surface area contributed by atoms with E-state index in [2.05, 4.69) is 26.2 Å². The third kappa shape index (κ3) is 7.67. The SMILES string of the molecule is O=C(Nc1ccc(-c2ccccc2)cc1)N[C@@H](Cc1ccccc1)C(=O)NCCN1CCNCC1. The molecule has 0 spiro atoms. The van der Waals surface area contributed by atoms with E-state index < -0.39 is 12.1 Å². The molecule has 3 amide bonds. The second-order valence-corrected chi connectivity index (χ2v) is 8.67. The van der Waals surface area contributed by atoms with Gasteiger partial charge in [0.25, 0.3) is 0 Å². The van der Waals surface area contributed by atoms with E-state index in [4.69, 9.17) is 0 Å². The maximum absolute atomic E-state index is 13.0. The van der Waals surface area contributed by atoms with Gasteiger partial charge in [-0.1, -0.05) is 72.8 Å². The van der Waals surface area contributed by atoms with E-state index in [1.165, 1.54) is 0 Å². The molecule has 1 aliphatic rings. The van der Waals surface area contributed by atoms with Crippen LogP contribution < -0.4 is 21.3 Å². The van der Waals surface area contributed by atoms with Gasteiger partial charge < -0.3 is 21.3 Å². The topological polar surface area (TPSA) is 85.5 Å². The lowest BCUT2D eigenvalue weighted by atomic mass is 10.1. The zero-order valence-corrected chi connectivity index (χ0v) is 19.9. The third-order valence-corrected chi connectivity index (χ3v) is 6.09. The van der Waals surface area contributed by atoms with Crippen molar-refractivity contribution in [2.75, 3.05) is 44.6 Å². The van der Waals surface area contributed by atoms with Crippen molar-refractivity contribution in [3.63, 3.8) is 0 Å². The van der Waals surface area contributed by atoms with E-state index in [9.17, 15) is 9.59 Å². The van der Waals surface area contributed by atoms with Crippen molar-refractivity contribution >= 4 is 17.6 Å². The van der Waals surface area contributed by atoms with Crippen LogP contribution in [0.2, 0.25) is 0 Å². The number of carbonyl (C=O) groups is 2. The Morgan fingerprint density at radius 3 is 2.14 bits per heavy atom. The lowest BCUT2D eigenvalue weighted by Crippen LogP contribution is -2.51. The molecule has 4 rings (SSSR count). The largest absolute Gasteiger partial charge is 0.353 e. The van der Waals surface area contributed by atoms with Crippen molar-refractivity contribution < 1.29 is 9.59 Å². The first-order chi connectivity index (χ1) is 17.2. The quantitative estimate of drug-likeness (QED) is 0.386. The Morgan fingerprint density at radius 1 is 0.829 bits per heavy atom. The number of benzene rings is 3. The highest BCUT2D eigenvalue weighted by atomic mass is 16.2. The molecule has 0 aliphatic carbocycles. The van der Waals surface area contributed by atoms with E-state index in [-0.39, 0.29) is 5.91 Å². The van der Waals surface area contributed by atoms with Crippen LogP contribution >= 0.6 is 0 Å². The number of rotatable bonds is 9. The molecule has 7 heteroatoms. The van der Waals surface area contributed by atoms with Crippen LogP contribution in [0.4, 0.5) is 10.5 Å². The lowest BCUT2D eigenvalue weighted by molar-refractivity contribution is -0.122. The van der Waals surface area contributed by atoms with Crippen molar-refractivity contribution in [2.24, 2.45) is 0 Å². The van der Waals surface area contributed by atoms with Gasteiger partial charge in [0.05, 0.1) is 0 Å². The van der Waals surface area contributed by atoms with Gasteiger partial charge in [-0.3, -0.25) is 9.69 Å². The monoisotopic (exact) mass is 471 g/mol. The molecule has 182 valence electrons. The summed E-state index contributed by atoms with van der Waals surface area (Å²) < 4.78 is 0. The Bertz CT molecular complexity index is 1070. The number of piperazine rings is 1. The van der Waals surface area contributed by atoms with Crippen LogP contribution in [-0.4, -0.2) is 62.1 Å². The van der Waals surface area contributed by atoms with Crippen LogP contribution in [0.1, 0.15) is 5.56 Å². The summed E-state index contributed by atoms with van der Waals surface area (Å²) in [5.41, 5.74) is 3.84. The summed E-state index contributed by atoms with van der Waals surface area (Å²) in [6.45, 7) is 5.25. The molecular formula is C28H33N5O2. The number of carbonyl (C=O) groups excluding carboxylic acids is 2. The second-order valence-electron chi connectivity index (χ2n) is 8.67. The predicted molar refractivity (Wildman–Crippen MR) is 140 cm³/mol. The minimum absolute atomic E-state index is 0.182. The molecule has 7 nitrogen and oxygen atoms in total. The lowest BCUT2D eigenvalue weighted by Gasteiger charge is -2.27. The first kappa shape index (κ1) is 24.4. The van der Waals surface area contributed by atoms with Crippen molar-refractivity contribution in [1.29, 1.82) is 0 Å². The third-order valence-electron chi connectivity index (χ3n) is 6.09. The van der Waals surface area contributed by atoms with Gasteiger partial charge in [-0.05, 0) is 28.8 Å². The van der Waals surface area contributed by atoms with Gasteiger partial charge in [-0.2, -0.15) is 0 Å². The first-order valence-corrected chi connectivity index (χ1v) is 12.1. The molecule has 0 bridgehead atoms. The zero-order valence-electron chi connectivity index (χ0n) is 19.9. The predicted octanol–water partition coefficient (Wildman–Crippen LogP) is 3.11. The number of amides is 3. The zero-order chi connectivity index (χ0) is 24.3. The number of nitrogens with zero attached hydrogens (tertiary/aromatic N) is 1. The molecule has 0 aromatic heterocycles. The Balaban J connectivity index is 1.34. The fourth-order valence-corrected chi connectivity index (χ4v) is 4.16. The van der Waals surface area contributed by atoms with Crippen LogP contribution in [-0.2, 0) is 11.2 Å². The van der Waals surface area contributed by atoms with Crippen LogP contribution in [0.5, 0.6) is 0 Å². The standard InChI is InChI=1S/C28H33N5O2/c34-27(30-17-20-33-18-15-29-16-19-33)26(21-22-7-3-1-4-8-22)32-28(35)31-25-13-11-24(12-14-25)23-9-5-2-6-10-23/h1-14,26,29H,15-21H2,(H,30,34)(H2,31,32,35)/t26-/m0/s1. The van der Waals surface area contributed by atoms with Gasteiger partial charge in [0.2, 0.25) is 5.91 Å². The highest BCUT2D eigenvalue weighted by molar-refractivity contribution is 5.94. The molecular weight excluding hydrogens is 438 g/mol. The van der Waals surface area contributed by atoms with E-state index in [1.54, 1.807) is 0 Å². The fraction of sp³-hybridized carbons (Fsp3) is 0.286. The molecule has 3 aromatic rings. The van der Waals surface area contributed by atoms with Crippen molar-refractivity contribution in [3.8, 4) is 11.1 Å². The van der Waals surface area contributed by atoms with Gasteiger partial charge in [0.15, 0.2) is 0 Å². The van der Waals surface area contributed by atoms with Gasteiger partial charge >= 0.3 is 6.03 Å². The normalized spacial score (nSPS) is 14.6. The Morgan fingerprint density at radius 2 is 1.46 bits per heavy atom. The average Bonchev–Trinajstić information content (AvgIpc) is 2.90. The molecule has 0 unspecified atom stereocenters. The van der Waals surface area contributed by atoms with Crippen LogP contribution in [0.25, 0.3) is 11.1 Å². The number of hydrogen-bond donors (Lipinski definition) is 4. The summed E-state index contributed by atoms with van der Waals surface area (Å²) in [4.78, 5) is 28.1. The molecule has 1 fully saturated rings. The molecule has 1 heterocycles. The Hall–Kier alpha value is -3.68. The number of hydrogen-bond acceptors (Lipinski definition) is 4. The van der Waals surface area contributed by atoms with E-state index in [0.29, 0.717) is 18.7 Å². The number of nitrogens with one attached hydrogen (secondary N) is 4. The fourth-order valence-electron chi connectivity index (χ4n) is 4.16. The Labute approximate surface area is 206 Å². The smallest absolute Gasteiger partial charge is 0.319 e. The number of urea groups is 1. The summed E-state index contributed by atoms with van der Waals surface area (Å²) >= 11 is 0. The molecule has 3 aromatic carbocycles. The van der Waals surface area contributed by atoms with Crippen molar-refractivity contribution in [1.82, 2.24) is 20.9 Å². The van der Waals surface area contributed by atoms with Gasteiger partial charge in [0.1, 0.15) is 6.04 Å². The minimum Gasteiger partial charge on any atom is -0.353 e. The molecule has 35 heavy (non-hydrogen) atoms.